The van der Waals surface area contributed by atoms with Crippen molar-refractivity contribution in [2.24, 2.45) is 5.92 Å². The quantitative estimate of drug-likeness (QED) is 0.791. The lowest BCUT2D eigenvalue weighted by molar-refractivity contribution is -0.117. The lowest BCUT2D eigenvalue weighted by atomic mass is 10.1. The number of aliphatic hydroxyl groups excluding tert-OH is 1. The number of hydrogen-bond acceptors (Lipinski definition) is 2. The van der Waals surface area contributed by atoms with Gasteiger partial charge in [0.2, 0.25) is 5.91 Å². The molecular weight excluding hydrogens is 190 g/mol. The van der Waals surface area contributed by atoms with E-state index in [1.807, 2.05) is 31.2 Å². The van der Waals surface area contributed by atoms with Crippen LogP contribution in [0.1, 0.15) is 12.0 Å². The Bertz CT molecular complexity index is 358. The van der Waals surface area contributed by atoms with Gasteiger partial charge in [-0.05, 0) is 19.1 Å². The molecule has 0 bridgehead atoms. The second kappa shape index (κ2) is 4.03. The molecule has 1 atom stereocenters. The number of hydrogen-bond donors (Lipinski definition) is 1. The first-order valence-corrected chi connectivity index (χ1v) is 5.18. The number of aliphatic hydroxyl groups is 1. The summed E-state index contributed by atoms with van der Waals surface area (Å²) in [5.74, 6) is 0.205. The van der Waals surface area contributed by atoms with E-state index in [-0.39, 0.29) is 18.4 Å². The van der Waals surface area contributed by atoms with Crippen LogP contribution < -0.4 is 4.90 Å². The number of aryl methyl sites for hydroxylation is 1. The van der Waals surface area contributed by atoms with Gasteiger partial charge in [-0.25, -0.2) is 0 Å². The van der Waals surface area contributed by atoms with E-state index in [4.69, 9.17) is 5.11 Å². The summed E-state index contributed by atoms with van der Waals surface area (Å²) in [6.45, 7) is 2.75. The summed E-state index contributed by atoms with van der Waals surface area (Å²) in [6.07, 6.45) is 0.463. The van der Waals surface area contributed by atoms with E-state index in [1.165, 1.54) is 5.56 Å². The van der Waals surface area contributed by atoms with Crippen molar-refractivity contribution in [1.29, 1.82) is 0 Å². The summed E-state index contributed by atoms with van der Waals surface area (Å²) in [6, 6.07) is 7.89. The standard InChI is InChI=1S/C12H15NO2/c1-9-2-4-11(5-3-9)13-7-10(8-14)6-12(13)15/h2-5,10,14H,6-8H2,1H3. The van der Waals surface area contributed by atoms with E-state index in [9.17, 15) is 4.79 Å². The molecule has 1 N–H and O–H groups in total. The number of rotatable bonds is 2. The number of nitrogens with zero attached hydrogens (tertiary/aromatic N) is 1. The Kier molecular flexibility index (Phi) is 2.73. The third-order valence-corrected chi connectivity index (χ3v) is 2.81. The maximum Gasteiger partial charge on any atom is 0.227 e. The van der Waals surface area contributed by atoms with E-state index in [2.05, 4.69) is 0 Å². The summed E-state index contributed by atoms with van der Waals surface area (Å²) in [5, 5.41) is 9.01. The van der Waals surface area contributed by atoms with Gasteiger partial charge in [0.1, 0.15) is 0 Å². The first-order chi connectivity index (χ1) is 7.20. The Morgan fingerprint density at radius 3 is 2.60 bits per heavy atom. The van der Waals surface area contributed by atoms with Gasteiger partial charge in [0.05, 0.1) is 0 Å². The van der Waals surface area contributed by atoms with Crippen molar-refractivity contribution < 1.29 is 9.90 Å². The van der Waals surface area contributed by atoms with Crippen LogP contribution in [0.2, 0.25) is 0 Å². The summed E-state index contributed by atoms with van der Waals surface area (Å²) in [7, 11) is 0. The molecule has 1 aromatic rings. The predicted octanol–water partition coefficient (Wildman–Crippen LogP) is 1.34. The van der Waals surface area contributed by atoms with Crippen LogP contribution >= 0.6 is 0 Å². The van der Waals surface area contributed by atoms with Crippen LogP contribution in [-0.2, 0) is 4.79 Å². The fourth-order valence-corrected chi connectivity index (χ4v) is 1.88. The lowest BCUT2D eigenvalue weighted by Gasteiger charge is -2.16. The van der Waals surface area contributed by atoms with Gasteiger partial charge in [0.15, 0.2) is 0 Å². The highest BCUT2D eigenvalue weighted by molar-refractivity contribution is 5.95. The molecule has 1 heterocycles. The normalized spacial score (nSPS) is 21.1. The van der Waals surface area contributed by atoms with Crippen LogP contribution in [0, 0.1) is 12.8 Å². The van der Waals surface area contributed by atoms with Crippen LogP contribution in [0.15, 0.2) is 24.3 Å². The molecule has 80 valence electrons. The molecule has 0 saturated carbocycles. The van der Waals surface area contributed by atoms with Gasteiger partial charge < -0.3 is 10.0 Å². The van der Waals surface area contributed by atoms with Crippen molar-refractivity contribution in [2.75, 3.05) is 18.1 Å². The molecule has 1 aromatic carbocycles. The summed E-state index contributed by atoms with van der Waals surface area (Å²) >= 11 is 0. The number of carbonyl (C=O) groups excluding carboxylic acids is 1. The topological polar surface area (TPSA) is 40.5 Å². The zero-order valence-corrected chi connectivity index (χ0v) is 8.81. The monoisotopic (exact) mass is 205 g/mol. The highest BCUT2D eigenvalue weighted by atomic mass is 16.3. The molecule has 0 aliphatic carbocycles. The van der Waals surface area contributed by atoms with Crippen molar-refractivity contribution in [3.8, 4) is 0 Å². The number of carbonyl (C=O) groups is 1. The van der Waals surface area contributed by atoms with Crippen LogP contribution in [0.3, 0.4) is 0 Å². The summed E-state index contributed by atoms with van der Waals surface area (Å²) in [5.41, 5.74) is 2.12. The molecule has 15 heavy (non-hydrogen) atoms. The van der Waals surface area contributed by atoms with Crippen LogP contribution in [0.25, 0.3) is 0 Å². The van der Waals surface area contributed by atoms with Gasteiger partial charge in [-0.1, -0.05) is 17.7 Å². The van der Waals surface area contributed by atoms with Crippen molar-refractivity contribution in [3.63, 3.8) is 0 Å². The molecule has 1 fully saturated rings. The second-order valence-corrected chi connectivity index (χ2v) is 4.09. The van der Waals surface area contributed by atoms with Crippen LogP contribution in [0.5, 0.6) is 0 Å². The van der Waals surface area contributed by atoms with Gasteiger partial charge in [-0.3, -0.25) is 4.79 Å². The zero-order valence-electron chi connectivity index (χ0n) is 8.81. The molecule has 0 radical (unpaired) electrons. The Morgan fingerprint density at radius 2 is 2.07 bits per heavy atom. The highest BCUT2D eigenvalue weighted by Crippen LogP contribution is 2.24. The molecule has 1 amide bonds. The van der Waals surface area contributed by atoms with Crippen molar-refractivity contribution in [2.45, 2.75) is 13.3 Å². The molecule has 1 unspecified atom stereocenters. The third kappa shape index (κ3) is 2.02. The van der Waals surface area contributed by atoms with Gasteiger partial charge in [0, 0.05) is 31.2 Å². The summed E-state index contributed by atoms with van der Waals surface area (Å²) in [4.78, 5) is 13.4. The SMILES string of the molecule is Cc1ccc(N2CC(CO)CC2=O)cc1. The molecule has 1 aliphatic rings. The lowest BCUT2D eigenvalue weighted by Crippen LogP contribution is -2.24. The van der Waals surface area contributed by atoms with Gasteiger partial charge in [0.25, 0.3) is 0 Å². The number of amides is 1. The average Bonchev–Trinajstić information content (AvgIpc) is 2.61. The molecule has 0 spiro atoms. The fourth-order valence-electron chi connectivity index (χ4n) is 1.88. The molecule has 1 saturated heterocycles. The van der Waals surface area contributed by atoms with Crippen LogP contribution in [-0.4, -0.2) is 24.2 Å². The van der Waals surface area contributed by atoms with Gasteiger partial charge >= 0.3 is 0 Å². The zero-order chi connectivity index (χ0) is 10.8. The number of anilines is 1. The molecule has 3 heteroatoms. The Balaban J connectivity index is 2.18. The van der Waals surface area contributed by atoms with E-state index < -0.39 is 0 Å². The van der Waals surface area contributed by atoms with Crippen molar-refractivity contribution >= 4 is 11.6 Å². The molecule has 0 aromatic heterocycles. The maximum absolute atomic E-state index is 11.6. The molecular formula is C12H15NO2. The maximum atomic E-state index is 11.6. The second-order valence-electron chi connectivity index (χ2n) is 4.09. The first kappa shape index (κ1) is 10.2. The average molecular weight is 205 g/mol. The minimum atomic E-state index is 0.0914. The van der Waals surface area contributed by atoms with E-state index in [1.54, 1.807) is 4.90 Å². The van der Waals surface area contributed by atoms with Gasteiger partial charge in [-0.2, -0.15) is 0 Å². The Hall–Kier alpha value is -1.35. The minimum Gasteiger partial charge on any atom is -0.396 e. The van der Waals surface area contributed by atoms with Crippen LogP contribution in [0.4, 0.5) is 5.69 Å². The number of benzene rings is 1. The van der Waals surface area contributed by atoms with Gasteiger partial charge in [-0.15, -0.1) is 0 Å². The first-order valence-electron chi connectivity index (χ1n) is 5.18. The van der Waals surface area contributed by atoms with Crippen molar-refractivity contribution in [3.05, 3.63) is 29.8 Å². The smallest absolute Gasteiger partial charge is 0.227 e. The van der Waals surface area contributed by atoms with E-state index in [0.29, 0.717) is 13.0 Å². The molecule has 2 rings (SSSR count). The fraction of sp³-hybridized carbons (Fsp3) is 0.417. The van der Waals surface area contributed by atoms with E-state index in [0.717, 1.165) is 5.69 Å². The third-order valence-electron chi connectivity index (χ3n) is 2.81. The minimum absolute atomic E-state index is 0.0914. The highest BCUT2D eigenvalue weighted by Gasteiger charge is 2.29. The Labute approximate surface area is 89.3 Å². The predicted molar refractivity (Wildman–Crippen MR) is 58.7 cm³/mol. The Morgan fingerprint density at radius 1 is 1.40 bits per heavy atom. The van der Waals surface area contributed by atoms with Crippen molar-refractivity contribution in [1.82, 2.24) is 0 Å². The largest absolute Gasteiger partial charge is 0.396 e. The van der Waals surface area contributed by atoms with E-state index >= 15 is 0 Å². The molecule has 3 nitrogen and oxygen atoms in total. The summed E-state index contributed by atoms with van der Waals surface area (Å²) < 4.78 is 0. The molecule has 1 aliphatic heterocycles.